The summed E-state index contributed by atoms with van der Waals surface area (Å²) in [6.45, 7) is 0. The predicted octanol–water partition coefficient (Wildman–Crippen LogP) is 4.15. The van der Waals surface area contributed by atoms with Crippen molar-refractivity contribution in [3.63, 3.8) is 0 Å². The predicted molar refractivity (Wildman–Crippen MR) is 77.7 cm³/mol. The standard InChI is InChI=1S/C18H22N2/c19-4-3-17(14-2-1-5-20-11-14)18-15-7-12-6-13(9-15)10-16(18)8-12/h1-2,5,11-13,15-18H,3,6-10H2. The first-order chi connectivity index (χ1) is 9.85. The first-order valence-corrected chi connectivity index (χ1v) is 8.12. The molecule has 1 heterocycles. The molecule has 1 aromatic heterocycles. The molecule has 4 fully saturated rings. The third-order valence-corrected chi connectivity index (χ3v) is 6.19. The third-order valence-electron chi connectivity index (χ3n) is 6.19. The average Bonchev–Trinajstić information content (AvgIpc) is 2.46. The Balaban J connectivity index is 1.65. The summed E-state index contributed by atoms with van der Waals surface area (Å²) in [6.07, 6.45) is 11.7. The summed E-state index contributed by atoms with van der Waals surface area (Å²) in [4.78, 5) is 4.29. The number of nitriles is 1. The van der Waals surface area contributed by atoms with Gasteiger partial charge in [-0.15, -0.1) is 0 Å². The second-order valence-corrected chi connectivity index (χ2v) is 7.26. The highest BCUT2D eigenvalue weighted by Gasteiger charge is 2.50. The largest absolute Gasteiger partial charge is 0.264 e. The lowest BCUT2D eigenvalue weighted by Crippen LogP contribution is -2.47. The molecule has 4 aliphatic rings. The zero-order valence-corrected chi connectivity index (χ0v) is 11.9. The Morgan fingerprint density at radius 3 is 2.40 bits per heavy atom. The monoisotopic (exact) mass is 266 g/mol. The van der Waals surface area contributed by atoms with Crippen molar-refractivity contribution in [1.29, 1.82) is 5.26 Å². The molecule has 4 bridgehead atoms. The molecule has 20 heavy (non-hydrogen) atoms. The van der Waals surface area contributed by atoms with E-state index in [4.69, 9.17) is 0 Å². The minimum atomic E-state index is 0.420. The van der Waals surface area contributed by atoms with Gasteiger partial charge in [-0.3, -0.25) is 4.98 Å². The minimum Gasteiger partial charge on any atom is -0.264 e. The number of rotatable bonds is 3. The van der Waals surface area contributed by atoms with Crippen LogP contribution in [0, 0.1) is 40.9 Å². The molecule has 2 nitrogen and oxygen atoms in total. The molecule has 1 atom stereocenters. The maximum Gasteiger partial charge on any atom is 0.0628 e. The Bertz CT molecular complexity index is 488. The van der Waals surface area contributed by atoms with Gasteiger partial charge in [-0.25, -0.2) is 0 Å². The summed E-state index contributed by atoms with van der Waals surface area (Å²) < 4.78 is 0. The van der Waals surface area contributed by atoms with Crippen LogP contribution in [0.1, 0.15) is 50.0 Å². The average molecular weight is 266 g/mol. The summed E-state index contributed by atoms with van der Waals surface area (Å²) in [5.74, 6) is 4.93. The molecular formula is C18H22N2. The number of hydrogen-bond donors (Lipinski definition) is 0. The van der Waals surface area contributed by atoms with E-state index in [1.807, 2.05) is 18.5 Å². The van der Waals surface area contributed by atoms with Gasteiger partial charge in [0.2, 0.25) is 0 Å². The lowest BCUT2D eigenvalue weighted by molar-refractivity contribution is -0.0474. The molecule has 0 amide bonds. The Hall–Kier alpha value is -1.36. The van der Waals surface area contributed by atoms with Gasteiger partial charge in [0.1, 0.15) is 0 Å². The maximum atomic E-state index is 9.28. The first kappa shape index (κ1) is 12.4. The molecule has 0 radical (unpaired) electrons. The summed E-state index contributed by atoms with van der Waals surface area (Å²) in [5, 5.41) is 9.28. The number of aromatic nitrogens is 1. The van der Waals surface area contributed by atoms with Gasteiger partial charge in [-0.1, -0.05) is 6.07 Å². The SMILES string of the molecule is N#CCC(c1cccnc1)C1C2CC3CC(C2)CC1C3. The van der Waals surface area contributed by atoms with Gasteiger partial charge in [0.05, 0.1) is 6.07 Å². The van der Waals surface area contributed by atoms with Crippen LogP contribution in [0.2, 0.25) is 0 Å². The van der Waals surface area contributed by atoms with Crippen molar-refractivity contribution in [2.45, 2.75) is 44.4 Å². The van der Waals surface area contributed by atoms with E-state index in [1.165, 1.54) is 37.7 Å². The van der Waals surface area contributed by atoms with Crippen LogP contribution >= 0.6 is 0 Å². The topological polar surface area (TPSA) is 36.7 Å². The highest BCUT2D eigenvalue weighted by atomic mass is 14.6. The lowest BCUT2D eigenvalue weighted by Gasteiger charge is -2.56. The van der Waals surface area contributed by atoms with E-state index in [9.17, 15) is 5.26 Å². The van der Waals surface area contributed by atoms with Gasteiger partial charge in [-0.05, 0) is 73.3 Å². The Morgan fingerprint density at radius 2 is 1.85 bits per heavy atom. The fourth-order valence-corrected chi connectivity index (χ4v) is 5.79. The summed E-state index contributed by atoms with van der Waals surface area (Å²) in [5.41, 5.74) is 1.30. The quantitative estimate of drug-likeness (QED) is 0.824. The molecule has 2 heteroatoms. The van der Waals surface area contributed by atoms with Crippen molar-refractivity contribution in [3.05, 3.63) is 30.1 Å². The molecule has 0 aliphatic heterocycles. The zero-order valence-electron chi connectivity index (χ0n) is 11.9. The maximum absolute atomic E-state index is 9.28. The van der Waals surface area contributed by atoms with Gasteiger partial charge < -0.3 is 0 Å². The van der Waals surface area contributed by atoms with Crippen LogP contribution in [0.4, 0.5) is 0 Å². The molecule has 4 aliphatic carbocycles. The Morgan fingerprint density at radius 1 is 1.15 bits per heavy atom. The highest BCUT2D eigenvalue weighted by molar-refractivity contribution is 5.20. The van der Waals surface area contributed by atoms with Crippen molar-refractivity contribution >= 4 is 0 Å². The lowest BCUT2D eigenvalue weighted by atomic mass is 9.49. The van der Waals surface area contributed by atoms with E-state index in [0.717, 1.165) is 29.6 Å². The fourth-order valence-electron chi connectivity index (χ4n) is 5.79. The van der Waals surface area contributed by atoms with Crippen LogP contribution in [0.15, 0.2) is 24.5 Å². The van der Waals surface area contributed by atoms with E-state index >= 15 is 0 Å². The third kappa shape index (κ3) is 1.95. The van der Waals surface area contributed by atoms with Crippen LogP contribution < -0.4 is 0 Å². The Labute approximate surface area is 121 Å². The number of pyridine rings is 1. The van der Waals surface area contributed by atoms with Crippen LogP contribution in [0.25, 0.3) is 0 Å². The van der Waals surface area contributed by atoms with E-state index in [-0.39, 0.29) is 0 Å². The molecule has 5 rings (SSSR count). The molecular weight excluding hydrogens is 244 g/mol. The minimum absolute atomic E-state index is 0.420. The van der Waals surface area contributed by atoms with Crippen LogP contribution in [0.3, 0.4) is 0 Å². The summed E-state index contributed by atoms with van der Waals surface area (Å²) >= 11 is 0. The van der Waals surface area contributed by atoms with Gasteiger partial charge in [0.15, 0.2) is 0 Å². The van der Waals surface area contributed by atoms with E-state index in [0.29, 0.717) is 12.3 Å². The normalized spacial score (nSPS) is 39.5. The second-order valence-electron chi connectivity index (χ2n) is 7.26. The van der Waals surface area contributed by atoms with Crippen LogP contribution in [0.5, 0.6) is 0 Å². The van der Waals surface area contributed by atoms with Gasteiger partial charge in [-0.2, -0.15) is 5.26 Å². The van der Waals surface area contributed by atoms with Crippen molar-refractivity contribution < 1.29 is 0 Å². The Kier molecular flexibility index (Phi) is 3.02. The van der Waals surface area contributed by atoms with Gasteiger partial charge >= 0.3 is 0 Å². The molecule has 1 aromatic rings. The van der Waals surface area contributed by atoms with Crippen molar-refractivity contribution in [2.75, 3.05) is 0 Å². The molecule has 0 N–H and O–H groups in total. The van der Waals surface area contributed by atoms with Gasteiger partial charge in [0.25, 0.3) is 0 Å². The van der Waals surface area contributed by atoms with Crippen molar-refractivity contribution in [2.24, 2.45) is 29.6 Å². The van der Waals surface area contributed by atoms with Crippen molar-refractivity contribution in [1.82, 2.24) is 4.98 Å². The van der Waals surface area contributed by atoms with Gasteiger partial charge in [0, 0.05) is 24.7 Å². The van der Waals surface area contributed by atoms with Crippen LogP contribution in [-0.2, 0) is 0 Å². The molecule has 1 unspecified atom stereocenters. The molecule has 4 saturated carbocycles. The zero-order chi connectivity index (χ0) is 13.5. The van der Waals surface area contributed by atoms with Crippen LogP contribution in [-0.4, -0.2) is 4.98 Å². The second kappa shape index (κ2) is 4.88. The molecule has 0 aromatic carbocycles. The number of hydrogen-bond acceptors (Lipinski definition) is 2. The highest BCUT2D eigenvalue weighted by Crippen LogP contribution is 2.60. The molecule has 104 valence electrons. The van der Waals surface area contributed by atoms with E-state index in [1.54, 1.807) is 0 Å². The first-order valence-electron chi connectivity index (χ1n) is 8.12. The summed E-state index contributed by atoms with van der Waals surface area (Å²) in [6, 6.07) is 6.65. The molecule has 0 saturated heterocycles. The van der Waals surface area contributed by atoms with E-state index < -0.39 is 0 Å². The smallest absolute Gasteiger partial charge is 0.0628 e. The van der Waals surface area contributed by atoms with Crippen molar-refractivity contribution in [3.8, 4) is 6.07 Å². The summed E-state index contributed by atoms with van der Waals surface area (Å²) in [7, 11) is 0. The fraction of sp³-hybridized carbons (Fsp3) is 0.667. The number of nitrogens with zero attached hydrogens (tertiary/aromatic N) is 2. The van der Waals surface area contributed by atoms with E-state index in [2.05, 4.69) is 17.1 Å². The molecule has 0 spiro atoms.